The van der Waals surface area contributed by atoms with Crippen LogP contribution in [-0.4, -0.2) is 29.1 Å². The van der Waals surface area contributed by atoms with Crippen molar-refractivity contribution in [1.29, 1.82) is 0 Å². The third-order valence-corrected chi connectivity index (χ3v) is 2.83. The normalized spacial score (nSPS) is 13.6. The molecule has 1 aromatic rings. The first kappa shape index (κ1) is 15.2. The summed E-state index contributed by atoms with van der Waals surface area (Å²) in [6.07, 6.45) is 1.48. The van der Waals surface area contributed by atoms with E-state index in [2.05, 4.69) is 5.32 Å². The van der Waals surface area contributed by atoms with Gasteiger partial charge in [0.25, 0.3) is 0 Å². The molecule has 1 aromatic carbocycles. The zero-order valence-corrected chi connectivity index (χ0v) is 11.0. The van der Waals surface area contributed by atoms with E-state index in [9.17, 15) is 9.59 Å². The van der Waals surface area contributed by atoms with E-state index in [1.165, 1.54) is 0 Å². The van der Waals surface area contributed by atoms with Gasteiger partial charge in [0.05, 0.1) is 6.04 Å². The van der Waals surface area contributed by atoms with Gasteiger partial charge in [0.15, 0.2) is 0 Å². The Kier molecular flexibility index (Phi) is 6.02. The van der Waals surface area contributed by atoms with Gasteiger partial charge in [0.2, 0.25) is 5.91 Å². The first-order chi connectivity index (χ1) is 9.04. The van der Waals surface area contributed by atoms with Crippen LogP contribution in [0, 0.1) is 0 Å². The molecular formula is C14H20N2O3. The van der Waals surface area contributed by atoms with E-state index in [1.807, 2.05) is 37.3 Å². The van der Waals surface area contributed by atoms with E-state index in [1.54, 1.807) is 0 Å². The average molecular weight is 264 g/mol. The second-order valence-corrected chi connectivity index (χ2v) is 4.48. The van der Waals surface area contributed by atoms with Gasteiger partial charge in [0.1, 0.15) is 6.04 Å². The van der Waals surface area contributed by atoms with Gasteiger partial charge in [0, 0.05) is 0 Å². The Morgan fingerprint density at radius 1 is 1.32 bits per heavy atom. The van der Waals surface area contributed by atoms with Crippen LogP contribution in [0.2, 0.25) is 0 Å². The predicted molar refractivity (Wildman–Crippen MR) is 72.6 cm³/mol. The monoisotopic (exact) mass is 264 g/mol. The van der Waals surface area contributed by atoms with E-state index < -0.39 is 24.0 Å². The highest BCUT2D eigenvalue weighted by Gasteiger charge is 2.22. The Morgan fingerprint density at radius 3 is 2.47 bits per heavy atom. The topological polar surface area (TPSA) is 92.4 Å². The van der Waals surface area contributed by atoms with Crippen LogP contribution in [0.4, 0.5) is 0 Å². The molecule has 0 bridgehead atoms. The molecule has 5 nitrogen and oxygen atoms in total. The van der Waals surface area contributed by atoms with Gasteiger partial charge in [-0.05, 0) is 18.4 Å². The van der Waals surface area contributed by atoms with Crippen LogP contribution >= 0.6 is 0 Å². The van der Waals surface area contributed by atoms with Crippen molar-refractivity contribution < 1.29 is 14.7 Å². The van der Waals surface area contributed by atoms with E-state index in [0.717, 1.165) is 5.56 Å². The molecule has 5 heteroatoms. The molecule has 0 aromatic heterocycles. The number of nitrogens with two attached hydrogens (primary N) is 1. The van der Waals surface area contributed by atoms with Crippen molar-refractivity contribution >= 4 is 11.9 Å². The summed E-state index contributed by atoms with van der Waals surface area (Å²) in [5, 5.41) is 11.4. The Morgan fingerprint density at radius 2 is 1.95 bits per heavy atom. The van der Waals surface area contributed by atoms with Crippen molar-refractivity contribution in [2.24, 2.45) is 5.73 Å². The number of carboxylic acids is 1. The number of rotatable bonds is 7. The third kappa shape index (κ3) is 5.09. The number of nitrogens with one attached hydrogen (secondary N) is 1. The van der Waals surface area contributed by atoms with Gasteiger partial charge in [-0.1, -0.05) is 43.7 Å². The fraction of sp³-hybridized carbons (Fsp3) is 0.429. The van der Waals surface area contributed by atoms with E-state index >= 15 is 0 Å². The van der Waals surface area contributed by atoms with Gasteiger partial charge in [-0.3, -0.25) is 4.79 Å². The maximum absolute atomic E-state index is 11.8. The minimum Gasteiger partial charge on any atom is -0.480 e. The fourth-order valence-electron chi connectivity index (χ4n) is 1.79. The number of aliphatic carboxylic acids is 1. The van der Waals surface area contributed by atoms with Crippen LogP contribution in [0.15, 0.2) is 30.3 Å². The molecule has 1 amide bonds. The third-order valence-electron chi connectivity index (χ3n) is 2.83. The first-order valence-electron chi connectivity index (χ1n) is 6.37. The zero-order valence-electron chi connectivity index (χ0n) is 11.0. The number of carbonyl (C=O) groups is 2. The minimum atomic E-state index is -1.03. The number of carboxylic acid groups (broad SMARTS) is 1. The quantitative estimate of drug-likeness (QED) is 0.683. The van der Waals surface area contributed by atoms with Crippen molar-refractivity contribution in [2.45, 2.75) is 38.3 Å². The van der Waals surface area contributed by atoms with Crippen molar-refractivity contribution in [3.63, 3.8) is 0 Å². The summed E-state index contributed by atoms with van der Waals surface area (Å²) in [5.74, 6) is -1.45. The molecule has 4 N–H and O–H groups in total. The maximum atomic E-state index is 11.8. The van der Waals surface area contributed by atoms with Crippen LogP contribution in [0.1, 0.15) is 25.3 Å². The van der Waals surface area contributed by atoms with Crippen LogP contribution in [-0.2, 0) is 16.0 Å². The summed E-state index contributed by atoms with van der Waals surface area (Å²) in [7, 11) is 0. The lowest BCUT2D eigenvalue weighted by Gasteiger charge is -2.17. The van der Waals surface area contributed by atoms with Crippen LogP contribution in [0.25, 0.3) is 0 Å². The van der Waals surface area contributed by atoms with Crippen molar-refractivity contribution in [3.8, 4) is 0 Å². The molecule has 0 saturated carbocycles. The highest BCUT2D eigenvalue weighted by Crippen LogP contribution is 2.03. The number of amides is 1. The van der Waals surface area contributed by atoms with Crippen molar-refractivity contribution in [2.75, 3.05) is 0 Å². The van der Waals surface area contributed by atoms with Crippen LogP contribution < -0.4 is 11.1 Å². The molecule has 0 aliphatic rings. The van der Waals surface area contributed by atoms with E-state index in [4.69, 9.17) is 10.8 Å². The lowest BCUT2D eigenvalue weighted by molar-refractivity contribution is -0.142. The van der Waals surface area contributed by atoms with Crippen molar-refractivity contribution in [1.82, 2.24) is 5.32 Å². The summed E-state index contributed by atoms with van der Waals surface area (Å²) < 4.78 is 0. The van der Waals surface area contributed by atoms with Crippen molar-refractivity contribution in [3.05, 3.63) is 35.9 Å². The smallest absolute Gasteiger partial charge is 0.326 e. The molecule has 0 aliphatic heterocycles. The van der Waals surface area contributed by atoms with Crippen LogP contribution in [0.3, 0.4) is 0 Å². The molecule has 0 radical (unpaired) electrons. The molecule has 2 unspecified atom stereocenters. The fourth-order valence-corrected chi connectivity index (χ4v) is 1.79. The molecule has 0 aliphatic carbocycles. The van der Waals surface area contributed by atoms with Gasteiger partial charge in [-0.2, -0.15) is 0 Å². The molecule has 0 heterocycles. The largest absolute Gasteiger partial charge is 0.480 e. The molecule has 0 spiro atoms. The van der Waals surface area contributed by atoms with Gasteiger partial charge < -0.3 is 16.2 Å². The number of carbonyl (C=O) groups excluding carboxylic acids is 1. The predicted octanol–water partition coefficient (Wildman–Crippen LogP) is 0.926. The Balaban J connectivity index is 2.54. The summed E-state index contributed by atoms with van der Waals surface area (Å²) in [4.78, 5) is 22.8. The molecule has 19 heavy (non-hydrogen) atoms. The average Bonchev–Trinajstić information content (AvgIpc) is 2.39. The highest BCUT2D eigenvalue weighted by atomic mass is 16.4. The second-order valence-electron chi connectivity index (χ2n) is 4.48. The molecular weight excluding hydrogens is 244 g/mol. The molecule has 0 saturated heterocycles. The summed E-state index contributed by atoms with van der Waals surface area (Å²) in [5.41, 5.74) is 6.74. The Labute approximate surface area is 112 Å². The van der Waals surface area contributed by atoms with E-state index in [-0.39, 0.29) is 0 Å². The molecule has 2 atom stereocenters. The van der Waals surface area contributed by atoms with Crippen LogP contribution in [0.5, 0.6) is 0 Å². The standard InChI is InChI=1S/C14H20N2O3/c1-2-6-12(14(18)19)16-13(17)11(15)9-10-7-4-3-5-8-10/h3-5,7-8,11-12H,2,6,9,15H2,1H3,(H,16,17)(H,18,19). The first-order valence-corrected chi connectivity index (χ1v) is 6.37. The summed E-state index contributed by atoms with van der Waals surface area (Å²) >= 11 is 0. The molecule has 0 fully saturated rings. The number of hydrogen-bond donors (Lipinski definition) is 3. The summed E-state index contributed by atoms with van der Waals surface area (Å²) in [6, 6.07) is 7.80. The minimum absolute atomic E-state index is 0.394. The SMILES string of the molecule is CCCC(NC(=O)C(N)Cc1ccccc1)C(=O)O. The van der Waals surface area contributed by atoms with Gasteiger partial charge in [-0.25, -0.2) is 4.79 Å². The number of hydrogen-bond acceptors (Lipinski definition) is 3. The zero-order chi connectivity index (χ0) is 14.3. The summed E-state index contributed by atoms with van der Waals surface area (Å²) in [6.45, 7) is 1.87. The maximum Gasteiger partial charge on any atom is 0.326 e. The van der Waals surface area contributed by atoms with Gasteiger partial charge >= 0.3 is 5.97 Å². The second kappa shape index (κ2) is 7.53. The Hall–Kier alpha value is -1.88. The van der Waals surface area contributed by atoms with Gasteiger partial charge in [-0.15, -0.1) is 0 Å². The lowest BCUT2D eigenvalue weighted by Crippen LogP contribution is -2.49. The van der Waals surface area contributed by atoms with E-state index in [0.29, 0.717) is 19.3 Å². The molecule has 104 valence electrons. The number of benzene rings is 1. The highest BCUT2D eigenvalue weighted by molar-refractivity contribution is 5.86. The Bertz CT molecular complexity index is 420. The lowest BCUT2D eigenvalue weighted by atomic mass is 10.1. The molecule has 1 rings (SSSR count).